The minimum absolute atomic E-state index is 0.233. The highest BCUT2D eigenvalue weighted by atomic mass is 19.4. The van der Waals surface area contributed by atoms with Gasteiger partial charge >= 0.3 is 6.18 Å². The van der Waals surface area contributed by atoms with E-state index in [1.807, 2.05) is 6.92 Å². The second kappa shape index (κ2) is 5.54. The molecule has 2 atom stereocenters. The number of nitrogens with one attached hydrogen (secondary N) is 1. The zero-order chi connectivity index (χ0) is 15.0. The third-order valence-electron chi connectivity index (χ3n) is 4.66. The van der Waals surface area contributed by atoms with Crippen molar-refractivity contribution in [2.75, 3.05) is 13.1 Å². The molecule has 0 spiro atoms. The molecule has 1 amide bonds. The highest BCUT2D eigenvalue weighted by Gasteiger charge is 2.48. The summed E-state index contributed by atoms with van der Waals surface area (Å²) in [5, 5.41) is 3.14. The average molecular weight is 292 g/mol. The van der Waals surface area contributed by atoms with E-state index in [0.29, 0.717) is 19.4 Å². The van der Waals surface area contributed by atoms with Gasteiger partial charge in [0.05, 0.1) is 5.54 Å². The van der Waals surface area contributed by atoms with Crippen LogP contribution in [0.1, 0.15) is 46.0 Å². The maximum atomic E-state index is 12.8. The lowest BCUT2D eigenvalue weighted by molar-refractivity contribution is -0.170. The molecule has 116 valence electrons. The van der Waals surface area contributed by atoms with Crippen molar-refractivity contribution in [1.29, 1.82) is 0 Å². The number of hydrogen-bond acceptors (Lipinski definition) is 2. The van der Waals surface area contributed by atoms with E-state index in [2.05, 4.69) is 5.32 Å². The van der Waals surface area contributed by atoms with Gasteiger partial charge in [0.25, 0.3) is 0 Å². The molecule has 1 aliphatic carbocycles. The second-order valence-corrected chi connectivity index (χ2v) is 6.09. The Balaban J connectivity index is 2.18. The molecule has 0 aromatic heterocycles. The van der Waals surface area contributed by atoms with E-state index in [4.69, 9.17) is 0 Å². The van der Waals surface area contributed by atoms with Crippen LogP contribution in [0.4, 0.5) is 13.2 Å². The van der Waals surface area contributed by atoms with Crippen LogP contribution in [0, 0.1) is 5.92 Å². The highest BCUT2D eigenvalue weighted by molar-refractivity contribution is 5.87. The molecule has 6 heteroatoms. The van der Waals surface area contributed by atoms with Gasteiger partial charge in [0.1, 0.15) is 6.54 Å². The molecular weight excluding hydrogens is 269 g/mol. The number of rotatable bonds is 5. The van der Waals surface area contributed by atoms with Crippen LogP contribution >= 0.6 is 0 Å². The summed E-state index contributed by atoms with van der Waals surface area (Å²) >= 11 is 0. The lowest BCUT2D eigenvalue weighted by atomic mass is 9.91. The van der Waals surface area contributed by atoms with Crippen molar-refractivity contribution < 1.29 is 18.0 Å². The number of amides is 1. The smallest absolute Gasteiger partial charge is 0.329 e. The van der Waals surface area contributed by atoms with E-state index in [-0.39, 0.29) is 17.9 Å². The number of halogens is 3. The van der Waals surface area contributed by atoms with Gasteiger partial charge in [0.15, 0.2) is 0 Å². The van der Waals surface area contributed by atoms with Gasteiger partial charge in [-0.1, -0.05) is 6.92 Å². The van der Waals surface area contributed by atoms with E-state index in [1.54, 1.807) is 6.92 Å². The van der Waals surface area contributed by atoms with Gasteiger partial charge in [-0.25, -0.2) is 0 Å². The predicted molar refractivity (Wildman–Crippen MR) is 70.2 cm³/mol. The third kappa shape index (κ3) is 3.27. The number of carbonyl (C=O) groups excluding carboxylic acids is 1. The summed E-state index contributed by atoms with van der Waals surface area (Å²) < 4.78 is 38.4. The molecule has 2 aliphatic rings. The molecule has 3 nitrogen and oxygen atoms in total. The molecule has 2 unspecified atom stereocenters. The van der Waals surface area contributed by atoms with Crippen LogP contribution in [0.25, 0.3) is 0 Å². The average Bonchev–Trinajstić information content (AvgIpc) is 3.11. The van der Waals surface area contributed by atoms with Crippen LogP contribution in [0.15, 0.2) is 0 Å². The van der Waals surface area contributed by atoms with Crippen molar-refractivity contribution in [3.8, 4) is 0 Å². The molecule has 1 saturated carbocycles. The van der Waals surface area contributed by atoms with Crippen molar-refractivity contribution in [3.05, 3.63) is 0 Å². The maximum Gasteiger partial charge on any atom is 0.406 e. The molecule has 2 fully saturated rings. The Morgan fingerprint density at radius 1 is 1.45 bits per heavy atom. The summed E-state index contributed by atoms with van der Waals surface area (Å²) in [4.78, 5) is 13.8. The quantitative estimate of drug-likeness (QED) is 0.845. The van der Waals surface area contributed by atoms with Gasteiger partial charge in [-0.15, -0.1) is 0 Å². The number of hydrogen-bond donors (Lipinski definition) is 1. The molecule has 1 aliphatic heterocycles. The van der Waals surface area contributed by atoms with Crippen LogP contribution < -0.4 is 5.32 Å². The first-order chi connectivity index (χ1) is 9.29. The summed E-state index contributed by atoms with van der Waals surface area (Å²) in [6.07, 6.45) is -0.472. The molecule has 0 radical (unpaired) electrons. The second-order valence-electron chi connectivity index (χ2n) is 6.09. The van der Waals surface area contributed by atoms with Gasteiger partial charge in [-0.3, -0.25) is 4.79 Å². The maximum absolute atomic E-state index is 12.8. The van der Waals surface area contributed by atoms with Crippen molar-refractivity contribution in [2.45, 2.75) is 63.7 Å². The van der Waals surface area contributed by atoms with E-state index in [0.717, 1.165) is 24.2 Å². The van der Waals surface area contributed by atoms with E-state index in [1.165, 1.54) is 0 Å². The Kier molecular flexibility index (Phi) is 4.33. The fraction of sp³-hybridized carbons (Fsp3) is 0.929. The summed E-state index contributed by atoms with van der Waals surface area (Å²) in [5.74, 6) is -0.133. The molecule has 0 aromatic rings. The van der Waals surface area contributed by atoms with Crippen molar-refractivity contribution in [2.24, 2.45) is 5.92 Å². The number of nitrogens with zero attached hydrogens (tertiary/aromatic N) is 1. The van der Waals surface area contributed by atoms with Gasteiger partial charge < -0.3 is 10.2 Å². The van der Waals surface area contributed by atoms with E-state index in [9.17, 15) is 18.0 Å². The fourth-order valence-corrected chi connectivity index (χ4v) is 3.14. The topological polar surface area (TPSA) is 32.3 Å². The first-order valence-electron chi connectivity index (χ1n) is 7.42. The van der Waals surface area contributed by atoms with Crippen molar-refractivity contribution in [1.82, 2.24) is 10.2 Å². The number of carbonyl (C=O) groups is 1. The summed E-state index contributed by atoms with van der Waals surface area (Å²) in [6, 6.07) is -0.324. The summed E-state index contributed by atoms with van der Waals surface area (Å²) in [6.45, 7) is 3.19. The van der Waals surface area contributed by atoms with Gasteiger partial charge in [-0.05, 0) is 51.5 Å². The molecular formula is C14H23F3N2O. The first kappa shape index (κ1) is 15.6. The minimum Gasteiger partial charge on any atom is -0.329 e. The molecule has 1 heterocycles. The minimum atomic E-state index is -4.34. The Morgan fingerprint density at radius 3 is 2.50 bits per heavy atom. The monoisotopic (exact) mass is 292 g/mol. The predicted octanol–water partition coefficient (Wildman–Crippen LogP) is 2.71. The first-order valence-corrected chi connectivity index (χ1v) is 7.42. The third-order valence-corrected chi connectivity index (χ3v) is 4.66. The molecule has 20 heavy (non-hydrogen) atoms. The van der Waals surface area contributed by atoms with Crippen LogP contribution in [-0.4, -0.2) is 41.7 Å². The molecule has 0 bridgehead atoms. The normalized spacial score (nSPS) is 28.4. The SMILES string of the molecule is CCC1(C(=O)N(CC(F)(F)F)C(C)C2CC2)CCCN1. The largest absolute Gasteiger partial charge is 0.406 e. The fourth-order valence-electron chi connectivity index (χ4n) is 3.14. The van der Waals surface area contributed by atoms with Crippen LogP contribution in [-0.2, 0) is 4.79 Å². The molecule has 1 N–H and O–H groups in total. The van der Waals surface area contributed by atoms with Crippen LogP contribution in [0.2, 0.25) is 0 Å². The van der Waals surface area contributed by atoms with E-state index >= 15 is 0 Å². The van der Waals surface area contributed by atoms with Crippen LogP contribution in [0.5, 0.6) is 0 Å². The standard InChI is InChI=1S/C14H23F3N2O/c1-3-13(7-4-8-18-13)12(20)19(9-14(15,16)17)10(2)11-5-6-11/h10-11,18H,3-9H2,1-2H3. The van der Waals surface area contributed by atoms with Gasteiger partial charge in [-0.2, -0.15) is 13.2 Å². The molecule has 1 saturated heterocycles. The molecule has 2 rings (SSSR count). The lowest BCUT2D eigenvalue weighted by Gasteiger charge is -2.38. The highest BCUT2D eigenvalue weighted by Crippen LogP contribution is 2.38. The zero-order valence-corrected chi connectivity index (χ0v) is 12.1. The van der Waals surface area contributed by atoms with E-state index < -0.39 is 18.3 Å². The van der Waals surface area contributed by atoms with Gasteiger partial charge in [0, 0.05) is 6.04 Å². The Bertz CT molecular complexity index is 360. The van der Waals surface area contributed by atoms with Crippen LogP contribution in [0.3, 0.4) is 0 Å². The summed E-state index contributed by atoms with van der Waals surface area (Å²) in [7, 11) is 0. The van der Waals surface area contributed by atoms with Crippen molar-refractivity contribution >= 4 is 5.91 Å². The molecule has 0 aromatic carbocycles. The Hall–Kier alpha value is -0.780. The lowest BCUT2D eigenvalue weighted by Crippen LogP contribution is -2.58. The Labute approximate surface area is 117 Å². The van der Waals surface area contributed by atoms with Gasteiger partial charge in [0.2, 0.25) is 5.91 Å². The Morgan fingerprint density at radius 2 is 2.10 bits per heavy atom. The number of alkyl halides is 3. The zero-order valence-electron chi connectivity index (χ0n) is 12.1. The van der Waals surface area contributed by atoms with Crippen molar-refractivity contribution in [3.63, 3.8) is 0 Å². The summed E-state index contributed by atoms with van der Waals surface area (Å²) in [5.41, 5.74) is -0.783.